The molecule has 10 heteroatoms. The first-order valence-corrected chi connectivity index (χ1v) is 15.3. The number of nitrogens with zero attached hydrogens (tertiary/aromatic N) is 2. The van der Waals surface area contributed by atoms with Gasteiger partial charge in [0, 0.05) is 18.7 Å². The van der Waals surface area contributed by atoms with Gasteiger partial charge in [-0.3, -0.25) is 19.2 Å². The smallest absolute Gasteiger partial charge is 0.313 e. The molecule has 0 aromatic heterocycles. The number of hydrogen-bond donors (Lipinski definition) is 2. The second-order valence-electron chi connectivity index (χ2n) is 12.7. The number of rotatable bonds is 5. The number of carbonyl (C=O) groups is 4. The Hall–Kier alpha value is -3.50. The average molecular weight is 594 g/mol. The van der Waals surface area contributed by atoms with Gasteiger partial charge in [0.25, 0.3) is 5.91 Å². The number of para-hydroxylation sites is 1. The van der Waals surface area contributed by atoms with E-state index in [4.69, 9.17) is 9.47 Å². The number of cyclic esters (lactones) is 1. The molecule has 0 saturated carbocycles. The summed E-state index contributed by atoms with van der Waals surface area (Å²) < 4.78 is 12.2. The van der Waals surface area contributed by atoms with Gasteiger partial charge >= 0.3 is 5.97 Å². The second kappa shape index (κ2) is 12.2. The van der Waals surface area contributed by atoms with E-state index < -0.39 is 53.6 Å². The van der Waals surface area contributed by atoms with Crippen LogP contribution in [0, 0.1) is 31.6 Å². The minimum atomic E-state index is -1.39. The molecular formula is C33H43N3O7. The van der Waals surface area contributed by atoms with Gasteiger partial charge in [0.1, 0.15) is 23.7 Å². The first kappa shape index (κ1) is 30.9. The van der Waals surface area contributed by atoms with Crippen molar-refractivity contribution >= 4 is 29.4 Å². The van der Waals surface area contributed by atoms with Gasteiger partial charge in [0.15, 0.2) is 0 Å². The van der Waals surface area contributed by atoms with Crippen molar-refractivity contribution in [2.24, 2.45) is 17.8 Å². The van der Waals surface area contributed by atoms with Crippen LogP contribution in [0.4, 0.5) is 5.69 Å². The van der Waals surface area contributed by atoms with Crippen molar-refractivity contribution in [2.45, 2.75) is 83.8 Å². The lowest BCUT2D eigenvalue weighted by atomic mass is 9.74. The summed E-state index contributed by atoms with van der Waals surface area (Å²) in [5.74, 6) is -3.34. The van der Waals surface area contributed by atoms with E-state index >= 15 is 0 Å². The van der Waals surface area contributed by atoms with Crippen molar-refractivity contribution in [1.82, 2.24) is 10.2 Å². The number of hydrogen-bond acceptors (Lipinski definition) is 7. The molecule has 232 valence electrons. The van der Waals surface area contributed by atoms with E-state index in [1.807, 2.05) is 58.0 Å². The van der Waals surface area contributed by atoms with Crippen molar-refractivity contribution in [1.29, 1.82) is 0 Å². The van der Waals surface area contributed by atoms with E-state index in [1.54, 1.807) is 24.0 Å². The molecule has 0 radical (unpaired) electrons. The fourth-order valence-electron chi connectivity index (χ4n) is 7.22. The van der Waals surface area contributed by atoms with Gasteiger partial charge in [-0.2, -0.15) is 0 Å². The summed E-state index contributed by atoms with van der Waals surface area (Å²) in [6.07, 6.45) is 7.08. The lowest BCUT2D eigenvalue weighted by Crippen LogP contribution is -2.59. The van der Waals surface area contributed by atoms with E-state index in [1.165, 1.54) is 4.90 Å². The molecule has 0 aliphatic carbocycles. The first-order valence-electron chi connectivity index (χ1n) is 15.3. The average Bonchev–Trinajstić information content (AvgIpc) is 3.60. The monoisotopic (exact) mass is 593 g/mol. The third kappa shape index (κ3) is 5.51. The van der Waals surface area contributed by atoms with Crippen LogP contribution in [0.5, 0.6) is 0 Å². The zero-order chi connectivity index (χ0) is 31.1. The molecule has 0 unspecified atom stereocenters. The van der Waals surface area contributed by atoms with Crippen LogP contribution >= 0.6 is 0 Å². The maximum absolute atomic E-state index is 15.0. The number of esters is 1. The summed E-state index contributed by atoms with van der Waals surface area (Å²) in [5, 5.41) is 13.4. The van der Waals surface area contributed by atoms with Crippen LogP contribution in [0.2, 0.25) is 0 Å². The second-order valence-corrected chi connectivity index (χ2v) is 12.7. The van der Waals surface area contributed by atoms with Crippen molar-refractivity contribution < 1.29 is 33.8 Å². The summed E-state index contributed by atoms with van der Waals surface area (Å²) >= 11 is 0. The molecule has 7 atom stereocenters. The van der Waals surface area contributed by atoms with Crippen molar-refractivity contribution in [3.05, 3.63) is 53.6 Å². The van der Waals surface area contributed by atoms with Crippen LogP contribution in [0.15, 0.2) is 42.5 Å². The number of aliphatic hydroxyl groups is 1. The summed E-state index contributed by atoms with van der Waals surface area (Å²) in [7, 11) is 0. The highest BCUT2D eigenvalue weighted by molar-refractivity contribution is 6.06. The fourth-order valence-corrected chi connectivity index (χ4v) is 7.22. The number of benzene rings is 1. The van der Waals surface area contributed by atoms with Gasteiger partial charge < -0.3 is 29.7 Å². The molecule has 2 fully saturated rings. The predicted octanol–water partition coefficient (Wildman–Crippen LogP) is 2.59. The molecule has 4 aliphatic rings. The Bertz CT molecular complexity index is 1320. The van der Waals surface area contributed by atoms with Gasteiger partial charge in [0.05, 0.1) is 31.2 Å². The van der Waals surface area contributed by atoms with Gasteiger partial charge in [-0.1, -0.05) is 56.4 Å². The molecule has 4 aliphatic heterocycles. The lowest BCUT2D eigenvalue weighted by molar-refractivity contribution is -0.159. The van der Waals surface area contributed by atoms with E-state index in [2.05, 4.69) is 5.32 Å². The molecule has 1 aromatic rings. The van der Waals surface area contributed by atoms with Crippen molar-refractivity contribution in [3.63, 3.8) is 0 Å². The maximum Gasteiger partial charge on any atom is 0.313 e. The molecule has 5 bridgehead atoms. The number of anilines is 1. The number of aliphatic hydroxyl groups excluding tert-OH is 1. The Morgan fingerprint density at radius 2 is 1.81 bits per heavy atom. The molecule has 43 heavy (non-hydrogen) atoms. The third-order valence-electron chi connectivity index (χ3n) is 9.04. The first-order chi connectivity index (χ1) is 20.5. The quantitative estimate of drug-likeness (QED) is 0.397. The predicted molar refractivity (Wildman–Crippen MR) is 160 cm³/mol. The maximum atomic E-state index is 15.0. The van der Waals surface area contributed by atoms with E-state index in [9.17, 15) is 24.3 Å². The van der Waals surface area contributed by atoms with E-state index in [0.717, 1.165) is 16.8 Å². The molecule has 1 spiro atoms. The third-order valence-corrected chi connectivity index (χ3v) is 9.04. The summed E-state index contributed by atoms with van der Waals surface area (Å²) in [4.78, 5) is 58.7. The largest absolute Gasteiger partial charge is 0.460 e. The molecule has 5 rings (SSSR count). The molecule has 1 aromatic carbocycles. The highest BCUT2D eigenvalue weighted by Crippen LogP contribution is 2.56. The summed E-state index contributed by atoms with van der Waals surface area (Å²) in [6.45, 7) is 9.57. The highest BCUT2D eigenvalue weighted by Gasteiger charge is 2.74. The van der Waals surface area contributed by atoms with E-state index in [0.29, 0.717) is 12.8 Å². The molecule has 3 amide bonds. The van der Waals surface area contributed by atoms with E-state index in [-0.39, 0.29) is 43.8 Å². The summed E-state index contributed by atoms with van der Waals surface area (Å²) in [6, 6.07) is 4.04. The summed E-state index contributed by atoms with van der Waals surface area (Å²) in [5.41, 5.74) is 1.11. The SMILES string of the molecule is Cc1cccc(C)c1N1C/C=C\CCC(=O)NC[C@H](C)OC(=O)[C@@H]2[C@H]3C(=O)N([C@@H](CO)CC(C)C)[C@H](C1=O)[C@]31C=C[C@H]2O1. The number of nitrogens with one attached hydrogen (secondary N) is 1. The number of carbonyl (C=O) groups excluding carboxylic acids is 4. The van der Waals surface area contributed by atoms with Gasteiger partial charge in [-0.25, -0.2) is 0 Å². The highest BCUT2D eigenvalue weighted by atomic mass is 16.6. The van der Waals surface area contributed by atoms with Gasteiger partial charge in [-0.05, 0) is 50.7 Å². The number of amides is 3. The molecule has 2 saturated heterocycles. The minimum absolute atomic E-state index is 0.131. The fraction of sp³-hybridized carbons (Fsp3) is 0.576. The van der Waals surface area contributed by atoms with Crippen LogP contribution in [0.1, 0.15) is 51.2 Å². The zero-order valence-electron chi connectivity index (χ0n) is 25.6. The molecular weight excluding hydrogens is 550 g/mol. The Labute approximate surface area is 253 Å². The normalized spacial score (nSPS) is 32.7. The number of aryl methyl sites for hydroxylation is 2. The molecule has 2 N–H and O–H groups in total. The standard InChI is InChI=1S/C33H43N3O7/c1-19(2)16-23(18-37)36-29-31(40)35(28-20(3)10-9-11-21(28)4)15-8-6-7-12-25(38)34-17-22(5)42-32(41)26-24-13-14-33(29,43-24)27(26)30(36)39/h6,8-11,13-14,19,22-24,26-27,29,37H,7,12,15-18H2,1-5H3,(H,34,38)/b8-6-/t22-,23+,24+,26-,27-,29+,33-/m0/s1. The Morgan fingerprint density at radius 1 is 1.09 bits per heavy atom. The topological polar surface area (TPSA) is 125 Å². The van der Waals surface area contributed by atoms with Crippen molar-refractivity contribution in [2.75, 3.05) is 24.6 Å². The van der Waals surface area contributed by atoms with Gasteiger partial charge in [0.2, 0.25) is 11.8 Å². The number of allylic oxidation sites excluding steroid dienone is 1. The minimum Gasteiger partial charge on any atom is -0.460 e. The Morgan fingerprint density at radius 3 is 2.49 bits per heavy atom. The van der Waals surface area contributed by atoms with Crippen LogP contribution < -0.4 is 10.2 Å². The zero-order valence-corrected chi connectivity index (χ0v) is 25.6. The molecule has 10 nitrogen and oxygen atoms in total. The Kier molecular flexibility index (Phi) is 8.81. The molecule has 4 heterocycles. The van der Waals surface area contributed by atoms with Crippen LogP contribution in [-0.4, -0.2) is 83.3 Å². The van der Waals surface area contributed by atoms with Crippen LogP contribution in [0.3, 0.4) is 0 Å². The number of fused-ring (bicyclic) bond motifs is 2. The van der Waals surface area contributed by atoms with Crippen molar-refractivity contribution in [3.8, 4) is 0 Å². The van der Waals surface area contributed by atoms with Crippen LogP contribution in [0.25, 0.3) is 0 Å². The lowest BCUT2D eigenvalue weighted by Gasteiger charge is -2.39. The number of ether oxygens (including phenoxy) is 2. The van der Waals surface area contributed by atoms with Gasteiger partial charge in [-0.15, -0.1) is 0 Å². The van der Waals surface area contributed by atoms with Crippen LogP contribution in [-0.2, 0) is 28.7 Å². The number of likely N-dealkylation sites (tertiary alicyclic amines) is 1. The Balaban J connectivity index is 1.66.